The Hall–Kier alpha value is -1.94. The molecule has 0 unspecified atom stereocenters. The largest absolute Gasteiger partial charge is 0.297 e. The quantitative estimate of drug-likeness (QED) is 0.700. The standard InChI is InChI=1S/C13H10N2OS/c1-8-2-4-11-10(6-14-15-11)13(8)12-5-3-9(7-16)17-12/h2-7H,1H3,(H,14,15). The van der Waals surface area contributed by atoms with Gasteiger partial charge < -0.3 is 0 Å². The third-order valence-electron chi connectivity index (χ3n) is 2.82. The fraction of sp³-hybridized carbons (Fsp3) is 0.0769. The highest BCUT2D eigenvalue weighted by Crippen LogP contribution is 2.35. The molecule has 0 atom stereocenters. The van der Waals surface area contributed by atoms with Crippen molar-refractivity contribution >= 4 is 28.5 Å². The zero-order valence-electron chi connectivity index (χ0n) is 9.23. The van der Waals surface area contributed by atoms with Crippen LogP contribution in [-0.2, 0) is 0 Å². The number of carbonyl (C=O) groups is 1. The number of aldehydes is 1. The summed E-state index contributed by atoms with van der Waals surface area (Å²) in [5, 5.41) is 8.13. The highest BCUT2D eigenvalue weighted by Gasteiger charge is 2.10. The van der Waals surface area contributed by atoms with Crippen molar-refractivity contribution < 1.29 is 4.79 Å². The number of hydrogen-bond donors (Lipinski definition) is 1. The first-order chi connectivity index (χ1) is 8.29. The van der Waals surface area contributed by atoms with E-state index in [0.717, 1.165) is 32.5 Å². The fourth-order valence-corrected chi connectivity index (χ4v) is 2.95. The van der Waals surface area contributed by atoms with Crippen LogP contribution >= 0.6 is 11.3 Å². The van der Waals surface area contributed by atoms with Crippen LogP contribution in [0.2, 0.25) is 0 Å². The first-order valence-electron chi connectivity index (χ1n) is 5.27. The second kappa shape index (κ2) is 3.82. The van der Waals surface area contributed by atoms with Crippen molar-refractivity contribution in [3.05, 3.63) is 40.9 Å². The maximum Gasteiger partial charge on any atom is 0.160 e. The lowest BCUT2D eigenvalue weighted by Crippen LogP contribution is -1.81. The van der Waals surface area contributed by atoms with Gasteiger partial charge in [-0.3, -0.25) is 9.89 Å². The van der Waals surface area contributed by atoms with Crippen molar-refractivity contribution in [1.29, 1.82) is 0 Å². The number of rotatable bonds is 2. The number of nitrogens with one attached hydrogen (secondary N) is 1. The van der Waals surface area contributed by atoms with Gasteiger partial charge in [-0.25, -0.2) is 0 Å². The molecule has 0 fully saturated rings. The molecule has 2 heterocycles. The van der Waals surface area contributed by atoms with Crippen molar-refractivity contribution in [2.75, 3.05) is 0 Å². The van der Waals surface area contributed by atoms with E-state index in [0.29, 0.717) is 0 Å². The molecular weight excluding hydrogens is 232 g/mol. The van der Waals surface area contributed by atoms with Crippen LogP contribution in [0.1, 0.15) is 15.2 Å². The number of fused-ring (bicyclic) bond motifs is 1. The van der Waals surface area contributed by atoms with E-state index in [1.165, 1.54) is 16.9 Å². The minimum Gasteiger partial charge on any atom is -0.297 e. The number of aryl methyl sites for hydroxylation is 1. The topological polar surface area (TPSA) is 45.8 Å². The van der Waals surface area contributed by atoms with E-state index in [1.807, 2.05) is 24.4 Å². The first-order valence-corrected chi connectivity index (χ1v) is 6.09. The second-order valence-corrected chi connectivity index (χ2v) is 5.02. The van der Waals surface area contributed by atoms with Crippen molar-refractivity contribution in [1.82, 2.24) is 10.2 Å². The zero-order valence-corrected chi connectivity index (χ0v) is 10.0. The molecule has 1 aromatic carbocycles. The monoisotopic (exact) mass is 242 g/mol. The maximum atomic E-state index is 10.7. The highest BCUT2D eigenvalue weighted by atomic mass is 32.1. The van der Waals surface area contributed by atoms with Crippen LogP contribution in [0.4, 0.5) is 0 Å². The molecule has 0 saturated heterocycles. The summed E-state index contributed by atoms with van der Waals surface area (Å²) in [7, 11) is 0. The number of aromatic nitrogens is 2. The molecule has 0 radical (unpaired) electrons. The summed E-state index contributed by atoms with van der Waals surface area (Å²) in [6.45, 7) is 2.07. The number of aromatic amines is 1. The maximum absolute atomic E-state index is 10.7. The van der Waals surface area contributed by atoms with Gasteiger partial charge >= 0.3 is 0 Å². The third-order valence-corrected chi connectivity index (χ3v) is 3.85. The summed E-state index contributed by atoms with van der Waals surface area (Å²) in [4.78, 5) is 12.6. The van der Waals surface area contributed by atoms with Gasteiger partial charge in [-0.15, -0.1) is 11.3 Å². The number of hydrogen-bond acceptors (Lipinski definition) is 3. The van der Waals surface area contributed by atoms with Gasteiger partial charge in [0.2, 0.25) is 0 Å². The van der Waals surface area contributed by atoms with Crippen LogP contribution in [0.15, 0.2) is 30.5 Å². The minimum absolute atomic E-state index is 0.750. The number of benzene rings is 1. The van der Waals surface area contributed by atoms with Crippen molar-refractivity contribution in [2.24, 2.45) is 0 Å². The molecule has 3 nitrogen and oxygen atoms in total. The van der Waals surface area contributed by atoms with Gasteiger partial charge in [0.05, 0.1) is 16.6 Å². The minimum atomic E-state index is 0.750. The van der Waals surface area contributed by atoms with E-state index in [4.69, 9.17) is 0 Å². The average Bonchev–Trinajstić information content (AvgIpc) is 2.96. The van der Waals surface area contributed by atoms with E-state index >= 15 is 0 Å². The van der Waals surface area contributed by atoms with Gasteiger partial charge in [0.15, 0.2) is 6.29 Å². The lowest BCUT2D eigenvalue weighted by atomic mass is 10.0. The Labute approximate surface area is 102 Å². The van der Waals surface area contributed by atoms with E-state index in [2.05, 4.69) is 23.2 Å². The summed E-state index contributed by atoms with van der Waals surface area (Å²) in [5.41, 5.74) is 3.37. The van der Waals surface area contributed by atoms with Gasteiger partial charge in [0.1, 0.15) is 0 Å². The zero-order chi connectivity index (χ0) is 11.8. The molecule has 0 saturated carbocycles. The predicted molar refractivity (Wildman–Crippen MR) is 69.5 cm³/mol. The molecule has 1 N–H and O–H groups in total. The lowest BCUT2D eigenvalue weighted by Gasteiger charge is -2.04. The number of carbonyl (C=O) groups excluding carboxylic acids is 1. The molecule has 2 aromatic heterocycles. The Morgan fingerprint density at radius 3 is 2.94 bits per heavy atom. The van der Waals surface area contributed by atoms with Gasteiger partial charge in [-0.2, -0.15) is 5.10 Å². The van der Waals surface area contributed by atoms with Gasteiger partial charge in [-0.1, -0.05) is 6.07 Å². The SMILES string of the molecule is Cc1ccc2[nH]ncc2c1-c1ccc(C=O)s1. The Kier molecular flexibility index (Phi) is 2.30. The fourth-order valence-electron chi connectivity index (χ4n) is 2.00. The van der Waals surface area contributed by atoms with Gasteiger partial charge in [0, 0.05) is 15.8 Å². The molecular formula is C13H10N2OS. The molecule has 0 aliphatic heterocycles. The van der Waals surface area contributed by atoms with E-state index in [9.17, 15) is 4.79 Å². The van der Waals surface area contributed by atoms with Crippen LogP contribution in [0.3, 0.4) is 0 Å². The molecule has 0 spiro atoms. The third kappa shape index (κ3) is 1.57. The van der Waals surface area contributed by atoms with Crippen molar-refractivity contribution in [2.45, 2.75) is 6.92 Å². The Morgan fingerprint density at radius 1 is 1.29 bits per heavy atom. The molecule has 3 aromatic rings. The highest BCUT2D eigenvalue weighted by molar-refractivity contribution is 7.17. The molecule has 0 amide bonds. The van der Waals surface area contributed by atoms with Crippen LogP contribution in [0.5, 0.6) is 0 Å². The number of nitrogens with zero attached hydrogens (tertiary/aromatic N) is 1. The summed E-state index contributed by atoms with van der Waals surface area (Å²) >= 11 is 1.51. The summed E-state index contributed by atoms with van der Waals surface area (Å²) < 4.78 is 0. The summed E-state index contributed by atoms with van der Waals surface area (Å²) in [6, 6.07) is 7.93. The van der Waals surface area contributed by atoms with Gasteiger partial charge in [-0.05, 0) is 30.7 Å². The Bertz CT molecular complexity index is 696. The molecule has 3 rings (SSSR count). The Morgan fingerprint density at radius 2 is 2.18 bits per heavy atom. The first kappa shape index (κ1) is 10.2. The molecule has 4 heteroatoms. The normalized spacial score (nSPS) is 10.9. The van der Waals surface area contributed by atoms with Crippen LogP contribution in [0.25, 0.3) is 21.3 Å². The van der Waals surface area contributed by atoms with E-state index in [1.54, 1.807) is 0 Å². The van der Waals surface area contributed by atoms with Crippen LogP contribution < -0.4 is 0 Å². The molecule has 0 aliphatic carbocycles. The lowest BCUT2D eigenvalue weighted by molar-refractivity contribution is 0.112. The molecule has 17 heavy (non-hydrogen) atoms. The second-order valence-electron chi connectivity index (χ2n) is 3.91. The van der Waals surface area contributed by atoms with E-state index < -0.39 is 0 Å². The summed E-state index contributed by atoms with van der Waals surface area (Å²) in [5.74, 6) is 0. The van der Waals surface area contributed by atoms with Gasteiger partial charge in [0.25, 0.3) is 0 Å². The molecule has 84 valence electrons. The van der Waals surface area contributed by atoms with Crippen LogP contribution in [-0.4, -0.2) is 16.5 Å². The average molecular weight is 242 g/mol. The van der Waals surface area contributed by atoms with E-state index in [-0.39, 0.29) is 0 Å². The summed E-state index contributed by atoms with van der Waals surface area (Å²) in [6.07, 6.45) is 2.72. The molecule has 0 bridgehead atoms. The van der Waals surface area contributed by atoms with Crippen molar-refractivity contribution in [3.63, 3.8) is 0 Å². The smallest absolute Gasteiger partial charge is 0.160 e. The number of H-pyrrole nitrogens is 1. The number of thiophene rings is 1. The predicted octanol–water partition coefficient (Wildman–Crippen LogP) is 3.41. The Balaban J connectivity index is 2.31. The van der Waals surface area contributed by atoms with Crippen LogP contribution in [0, 0.1) is 6.92 Å². The van der Waals surface area contributed by atoms with Crippen molar-refractivity contribution in [3.8, 4) is 10.4 Å². The molecule has 0 aliphatic rings.